The number of Topliss-reactive ketones (excluding diaryl/α,β-unsaturated/α-hetero) is 1. The van der Waals surface area contributed by atoms with Crippen molar-refractivity contribution in [1.82, 2.24) is 0 Å². The largest absolute Gasteiger partial charge is 0.303 e. The molecule has 0 aromatic heterocycles. The minimum Gasteiger partial charge on any atom is -0.303 e. The van der Waals surface area contributed by atoms with Crippen molar-refractivity contribution >= 4 is 49.2 Å². The van der Waals surface area contributed by atoms with Crippen LogP contribution in [-0.4, -0.2) is 23.6 Å². The number of hydrogen-bond acceptors (Lipinski definition) is 2. The Morgan fingerprint density at radius 2 is 1.86 bits per heavy atom. The summed E-state index contributed by atoms with van der Waals surface area (Å²) >= 11 is 7.12. The fourth-order valence-electron chi connectivity index (χ4n) is 3.43. The number of hydrogen-bond donors (Lipinski definition) is 0. The van der Waals surface area contributed by atoms with Crippen molar-refractivity contribution in [3.8, 4) is 0 Å². The van der Waals surface area contributed by atoms with Gasteiger partial charge in [-0.2, -0.15) is 0 Å². The second kappa shape index (κ2) is 5.84. The number of anilines is 1. The summed E-state index contributed by atoms with van der Waals surface area (Å²) in [6, 6.07) is 5.43. The highest BCUT2D eigenvalue weighted by Crippen LogP contribution is 2.43. The van der Waals surface area contributed by atoms with E-state index in [2.05, 4.69) is 31.9 Å². The number of ketones is 1. The molecular weight excluding hydrogens is 398 g/mol. The van der Waals surface area contributed by atoms with Crippen LogP contribution >= 0.6 is 31.9 Å². The van der Waals surface area contributed by atoms with Crippen molar-refractivity contribution in [3.63, 3.8) is 0 Å². The Bertz CT molecular complexity index is 594. The molecule has 112 valence electrons. The summed E-state index contributed by atoms with van der Waals surface area (Å²) in [6.45, 7) is 0.623. The van der Waals surface area contributed by atoms with Gasteiger partial charge in [0.05, 0.1) is 11.3 Å². The maximum absolute atomic E-state index is 12.4. The van der Waals surface area contributed by atoms with E-state index in [1.54, 1.807) is 17.0 Å². The van der Waals surface area contributed by atoms with Crippen molar-refractivity contribution in [3.05, 3.63) is 28.2 Å². The molecule has 0 atom stereocenters. The smallest absolute Gasteiger partial charge is 0.299 e. The molecule has 1 fully saturated rings. The van der Waals surface area contributed by atoms with Crippen LogP contribution < -0.4 is 4.90 Å². The van der Waals surface area contributed by atoms with Crippen LogP contribution in [0.1, 0.15) is 42.5 Å². The second-order valence-electron chi connectivity index (χ2n) is 6.05. The number of benzene rings is 1. The minimum atomic E-state index is -0.386. The predicted molar refractivity (Wildman–Crippen MR) is 90.1 cm³/mol. The van der Waals surface area contributed by atoms with Gasteiger partial charge in [-0.05, 0) is 46.3 Å². The van der Waals surface area contributed by atoms with Crippen molar-refractivity contribution in [2.75, 3.05) is 16.8 Å². The lowest BCUT2D eigenvalue weighted by Gasteiger charge is -2.38. The fraction of sp³-hybridized carbons (Fsp3) is 0.500. The summed E-state index contributed by atoms with van der Waals surface area (Å²) in [7, 11) is 0. The first-order valence-corrected chi connectivity index (χ1v) is 9.20. The third-order valence-electron chi connectivity index (χ3n) is 4.63. The molecule has 1 aliphatic heterocycles. The van der Waals surface area contributed by atoms with Gasteiger partial charge in [-0.1, -0.05) is 41.3 Å². The molecule has 21 heavy (non-hydrogen) atoms. The van der Waals surface area contributed by atoms with Crippen LogP contribution in [0, 0.1) is 5.41 Å². The highest BCUT2D eigenvalue weighted by Gasteiger charge is 2.42. The lowest BCUT2D eigenvalue weighted by Crippen LogP contribution is -2.43. The standard InChI is InChI=1S/C16H17Br2NO2/c17-9-16(7-2-1-3-8-16)10-19-13-11(14(20)15(19)21)5-4-6-12(13)18/h4-6H,1-3,7-10H2. The van der Waals surface area contributed by atoms with Crippen LogP contribution in [0.25, 0.3) is 0 Å². The highest BCUT2D eigenvalue weighted by atomic mass is 79.9. The van der Waals surface area contributed by atoms with Crippen LogP contribution in [0.3, 0.4) is 0 Å². The van der Waals surface area contributed by atoms with E-state index < -0.39 is 0 Å². The van der Waals surface area contributed by atoms with Gasteiger partial charge in [-0.3, -0.25) is 9.59 Å². The van der Waals surface area contributed by atoms with E-state index in [1.165, 1.54) is 19.3 Å². The number of nitrogens with zero attached hydrogens (tertiary/aromatic N) is 1. The lowest BCUT2D eigenvalue weighted by atomic mass is 9.75. The molecule has 1 amide bonds. The zero-order valence-electron chi connectivity index (χ0n) is 11.7. The second-order valence-corrected chi connectivity index (χ2v) is 7.47. The monoisotopic (exact) mass is 413 g/mol. The van der Waals surface area contributed by atoms with Gasteiger partial charge < -0.3 is 4.90 Å². The molecule has 0 saturated heterocycles. The zero-order chi connectivity index (χ0) is 15.0. The Kier molecular flexibility index (Phi) is 4.23. The van der Waals surface area contributed by atoms with Crippen LogP contribution in [0.15, 0.2) is 22.7 Å². The topological polar surface area (TPSA) is 37.4 Å². The molecule has 3 nitrogen and oxygen atoms in total. The van der Waals surface area contributed by atoms with Crippen molar-refractivity contribution in [1.29, 1.82) is 0 Å². The maximum atomic E-state index is 12.4. The van der Waals surface area contributed by atoms with Gasteiger partial charge in [0.2, 0.25) is 0 Å². The molecule has 2 aliphatic rings. The first-order valence-electron chi connectivity index (χ1n) is 7.29. The van der Waals surface area contributed by atoms with Gasteiger partial charge in [0.1, 0.15) is 0 Å². The van der Waals surface area contributed by atoms with Gasteiger partial charge in [0.15, 0.2) is 0 Å². The van der Waals surface area contributed by atoms with E-state index in [9.17, 15) is 9.59 Å². The van der Waals surface area contributed by atoms with Gasteiger partial charge >= 0.3 is 0 Å². The van der Waals surface area contributed by atoms with E-state index >= 15 is 0 Å². The Morgan fingerprint density at radius 1 is 1.14 bits per heavy atom. The van der Waals surface area contributed by atoms with Crippen LogP contribution in [0.2, 0.25) is 0 Å². The highest BCUT2D eigenvalue weighted by molar-refractivity contribution is 9.10. The molecular formula is C16H17Br2NO2. The molecule has 1 aromatic carbocycles. The maximum Gasteiger partial charge on any atom is 0.299 e. The number of amides is 1. The summed E-state index contributed by atoms with van der Waals surface area (Å²) in [5.74, 6) is -0.769. The van der Waals surface area contributed by atoms with Crippen molar-refractivity contribution in [2.45, 2.75) is 32.1 Å². The van der Waals surface area contributed by atoms with E-state index in [1.807, 2.05) is 6.07 Å². The average Bonchev–Trinajstić information content (AvgIpc) is 2.75. The molecule has 0 spiro atoms. The van der Waals surface area contributed by atoms with Crippen LogP contribution in [0.5, 0.6) is 0 Å². The Labute approximate surface area is 141 Å². The summed E-state index contributed by atoms with van der Waals surface area (Å²) in [6.07, 6.45) is 5.88. The number of carbonyl (C=O) groups is 2. The predicted octanol–water partition coefficient (Wildman–Crippen LogP) is 4.32. The average molecular weight is 415 g/mol. The number of alkyl halides is 1. The summed E-state index contributed by atoms with van der Waals surface area (Å²) in [5.41, 5.74) is 1.36. The van der Waals surface area contributed by atoms with Gasteiger partial charge in [-0.25, -0.2) is 0 Å². The lowest BCUT2D eigenvalue weighted by molar-refractivity contribution is -0.114. The minimum absolute atomic E-state index is 0.0884. The number of carbonyl (C=O) groups excluding carboxylic acids is 2. The Balaban J connectivity index is 1.96. The molecule has 5 heteroatoms. The van der Waals surface area contributed by atoms with E-state index in [-0.39, 0.29) is 17.1 Å². The van der Waals surface area contributed by atoms with Gasteiger partial charge in [-0.15, -0.1) is 0 Å². The number of rotatable bonds is 3. The van der Waals surface area contributed by atoms with Crippen molar-refractivity contribution in [2.24, 2.45) is 5.41 Å². The first kappa shape index (κ1) is 15.2. The quantitative estimate of drug-likeness (QED) is 0.545. The fourth-order valence-corrected chi connectivity index (χ4v) is 4.75. The summed E-state index contributed by atoms with van der Waals surface area (Å²) < 4.78 is 0.819. The van der Waals surface area contributed by atoms with Crippen LogP contribution in [-0.2, 0) is 4.79 Å². The van der Waals surface area contributed by atoms with E-state index in [0.717, 1.165) is 28.3 Å². The third-order valence-corrected chi connectivity index (χ3v) is 6.46. The van der Waals surface area contributed by atoms with E-state index in [4.69, 9.17) is 0 Å². The number of fused-ring (bicyclic) bond motifs is 1. The summed E-state index contributed by atoms with van der Waals surface area (Å²) in [5, 5.41) is 0.873. The van der Waals surface area contributed by atoms with Gasteiger partial charge in [0, 0.05) is 16.3 Å². The summed E-state index contributed by atoms with van der Waals surface area (Å²) in [4.78, 5) is 26.2. The molecule has 1 aromatic rings. The molecule has 0 bridgehead atoms. The molecule has 0 unspecified atom stereocenters. The zero-order valence-corrected chi connectivity index (χ0v) is 14.9. The van der Waals surface area contributed by atoms with Crippen LogP contribution in [0.4, 0.5) is 5.69 Å². The normalized spacial score (nSPS) is 20.8. The molecule has 1 heterocycles. The molecule has 0 N–H and O–H groups in total. The van der Waals surface area contributed by atoms with Crippen molar-refractivity contribution < 1.29 is 9.59 Å². The molecule has 0 radical (unpaired) electrons. The molecule has 3 rings (SSSR count). The SMILES string of the molecule is O=C1C(=O)N(CC2(CBr)CCCCC2)c2c(Br)cccc21. The Morgan fingerprint density at radius 3 is 2.52 bits per heavy atom. The number of halogens is 2. The Hall–Kier alpha value is -0.680. The number of para-hydroxylation sites is 1. The van der Waals surface area contributed by atoms with E-state index in [0.29, 0.717) is 12.1 Å². The van der Waals surface area contributed by atoms with Gasteiger partial charge in [0.25, 0.3) is 11.7 Å². The molecule has 1 aliphatic carbocycles. The third kappa shape index (κ3) is 2.59. The molecule has 1 saturated carbocycles. The first-order chi connectivity index (χ1) is 10.1.